The predicted octanol–water partition coefficient (Wildman–Crippen LogP) is 5.96. The number of carbonyl (C=O) groups is 1. The number of halogens is 3. The molecule has 1 heterocycles. The van der Waals surface area contributed by atoms with Gasteiger partial charge in [0.2, 0.25) is 0 Å². The van der Waals surface area contributed by atoms with Gasteiger partial charge in [-0.1, -0.05) is 29.8 Å². The average molecular weight is 424 g/mol. The fraction of sp³-hybridized carbons (Fsp3) is 0.0435. The molecule has 0 aliphatic heterocycles. The minimum Gasteiger partial charge on any atom is -0.368 e. The van der Waals surface area contributed by atoms with E-state index in [1.807, 2.05) is 12.1 Å². The maximum absolute atomic E-state index is 14.2. The number of nitrogens with one attached hydrogen (secondary N) is 2. The van der Waals surface area contributed by atoms with Crippen LogP contribution in [0.2, 0.25) is 5.02 Å². The monoisotopic (exact) mass is 423 g/mol. The third-order valence-corrected chi connectivity index (χ3v) is 4.85. The molecule has 4 rings (SSSR count). The van der Waals surface area contributed by atoms with Crippen molar-refractivity contribution < 1.29 is 13.6 Å². The molecule has 0 saturated heterocycles. The molecule has 3 aromatic carbocycles. The van der Waals surface area contributed by atoms with E-state index in [0.717, 1.165) is 29.1 Å². The van der Waals surface area contributed by atoms with Gasteiger partial charge in [0.05, 0.1) is 16.9 Å². The number of carbonyl (C=O) groups excluding carboxylic acids is 1. The van der Waals surface area contributed by atoms with Crippen LogP contribution in [0.15, 0.2) is 79.0 Å². The number of rotatable bonds is 5. The minimum absolute atomic E-state index is 0.121. The van der Waals surface area contributed by atoms with Crippen molar-refractivity contribution in [3.05, 3.63) is 101 Å². The number of benzene rings is 3. The molecular weight excluding hydrogens is 408 g/mol. The van der Waals surface area contributed by atoms with Crippen molar-refractivity contribution in [2.75, 3.05) is 10.6 Å². The summed E-state index contributed by atoms with van der Waals surface area (Å²) in [6.45, 7) is 0. The van der Waals surface area contributed by atoms with Crippen LogP contribution in [0.5, 0.6) is 0 Å². The van der Waals surface area contributed by atoms with Gasteiger partial charge in [0.25, 0.3) is 5.91 Å². The Morgan fingerprint density at radius 3 is 2.53 bits per heavy atom. The zero-order valence-corrected chi connectivity index (χ0v) is 16.3. The Balaban J connectivity index is 1.70. The molecule has 4 nitrogen and oxygen atoms in total. The molecule has 7 heteroatoms. The van der Waals surface area contributed by atoms with Crippen LogP contribution >= 0.6 is 11.6 Å². The van der Waals surface area contributed by atoms with Gasteiger partial charge in [-0.2, -0.15) is 0 Å². The van der Waals surface area contributed by atoms with Crippen LogP contribution in [-0.4, -0.2) is 10.9 Å². The highest BCUT2D eigenvalue weighted by atomic mass is 35.5. The van der Waals surface area contributed by atoms with Crippen molar-refractivity contribution >= 4 is 39.8 Å². The van der Waals surface area contributed by atoms with E-state index in [1.165, 1.54) is 0 Å². The highest BCUT2D eigenvalue weighted by Gasteiger charge is 2.23. The quantitative estimate of drug-likeness (QED) is 0.416. The van der Waals surface area contributed by atoms with E-state index in [4.69, 9.17) is 11.6 Å². The highest BCUT2D eigenvalue weighted by Crippen LogP contribution is 2.27. The molecular formula is C23H16ClF2N3O. The van der Waals surface area contributed by atoms with Crippen LogP contribution in [0.4, 0.5) is 20.2 Å². The molecule has 0 spiro atoms. The van der Waals surface area contributed by atoms with E-state index < -0.39 is 23.6 Å². The normalized spacial score (nSPS) is 11.8. The number of fused-ring (bicyclic) bond motifs is 1. The molecule has 0 saturated carbocycles. The number of aromatic nitrogens is 1. The molecule has 0 radical (unpaired) electrons. The number of pyridine rings is 1. The standard InChI is InChI=1S/C23H16ClF2N3O/c24-15-8-6-14(7-9-15)22(28-21-13-16(25)10-11-18(21)26)23(30)29-20-5-1-4-19-17(20)3-2-12-27-19/h1-13,22,28H,(H,29,30). The van der Waals surface area contributed by atoms with Gasteiger partial charge in [0.15, 0.2) is 0 Å². The first kappa shape index (κ1) is 19.8. The van der Waals surface area contributed by atoms with E-state index >= 15 is 0 Å². The summed E-state index contributed by atoms with van der Waals surface area (Å²) < 4.78 is 27.9. The molecule has 150 valence electrons. The summed E-state index contributed by atoms with van der Waals surface area (Å²) in [4.78, 5) is 17.5. The fourth-order valence-electron chi connectivity index (χ4n) is 3.14. The van der Waals surface area contributed by atoms with Crippen molar-refractivity contribution in [2.45, 2.75) is 6.04 Å². The molecule has 1 atom stereocenters. The predicted molar refractivity (Wildman–Crippen MR) is 115 cm³/mol. The second-order valence-corrected chi connectivity index (χ2v) is 7.05. The SMILES string of the molecule is O=C(Nc1cccc2ncccc12)C(Nc1cc(F)ccc1F)c1ccc(Cl)cc1. The molecule has 0 aliphatic carbocycles. The molecule has 4 aromatic rings. The number of hydrogen-bond acceptors (Lipinski definition) is 3. The molecule has 1 unspecified atom stereocenters. The molecule has 0 fully saturated rings. The van der Waals surface area contributed by atoms with Gasteiger partial charge in [-0.25, -0.2) is 8.78 Å². The van der Waals surface area contributed by atoms with Gasteiger partial charge in [0.1, 0.15) is 17.7 Å². The van der Waals surface area contributed by atoms with E-state index in [9.17, 15) is 13.6 Å². The van der Waals surface area contributed by atoms with Gasteiger partial charge in [0, 0.05) is 16.6 Å². The van der Waals surface area contributed by atoms with Crippen LogP contribution in [0.25, 0.3) is 10.9 Å². The van der Waals surface area contributed by atoms with E-state index in [2.05, 4.69) is 15.6 Å². The first-order valence-electron chi connectivity index (χ1n) is 9.13. The number of anilines is 2. The smallest absolute Gasteiger partial charge is 0.251 e. The van der Waals surface area contributed by atoms with Gasteiger partial charge >= 0.3 is 0 Å². The third kappa shape index (κ3) is 4.23. The lowest BCUT2D eigenvalue weighted by molar-refractivity contribution is -0.117. The van der Waals surface area contributed by atoms with Crippen LogP contribution in [0.1, 0.15) is 11.6 Å². The Labute approximate surface area is 176 Å². The summed E-state index contributed by atoms with van der Waals surface area (Å²) in [6.07, 6.45) is 1.67. The third-order valence-electron chi connectivity index (χ3n) is 4.60. The number of amides is 1. The summed E-state index contributed by atoms with van der Waals surface area (Å²) in [5, 5.41) is 6.93. The van der Waals surface area contributed by atoms with Crippen LogP contribution < -0.4 is 10.6 Å². The zero-order chi connectivity index (χ0) is 21.1. The summed E-state index contributed by atoms with van der Waals surface area (Å²) >= 11 is 5.96. The van der Waals surface area contributed by atoms with Gasteiger partial charge in [-0.15, -0.1) is 0 Å². The maximum atomic E-state index is 14.2. The highest BCUT2D eigenvalue weighted by molar-refractivity contribution is 6.30. The average Bonchev–Trinajstić information content (AvgIpc) is 2.75. The topological polar surface area (TPSA) is 54.0 Å². The number of hydrogen-bond donors (Lipinski definition) is 2. The Hall–Kier alpha value is -3.51. The minimum atomic E-state index is -0.995. The largest absolute Gasteiger partial charge is 0.368 e. The van der Waals surface area contributed by atoms with Gasteiger partial charge in [-0.3, -0.25) is 9.78 Å². The lowest BCUT2D eigenvalue weighted by Crippen LogP contribution is -2.27. The van der Waals surface area contributed by atoms with Crippen LogP contribution in [0.3, 0.4) is 0 Å². The molecule has 1 amide bonds. The zero-order valence-electron chi connectivity index (χ0n) is 15.6. The summed E-state index contributed by atoms with van der Waals surface area (Å²) in [5.41, 5.74) is 1.71. The van der Waals surface area contributed by atoms with Gasteiger partial charge in [-0.05, 0) is 60.2 Å². The van der Waals surface area contributed by atoms with Crippen molar-refractivity contribution in [1.82, 2.24) is 4.98 Å². The number of nitrogens with zero attached hydrogens (tertiary/aromatic N) is 1. The Morgan fingerprint density at radius 1 is 0.933 bits per heavy atom. The van der Waals surface area contributed by atoms with Crippen molar-refractivity contribution in [1.29, 1.82) is 0 Å². The van der Waals surface area contributed by atoms with Crippen LogP contribution in [0, 0.1) is 11.6 Å². The Morgan fingerprint density at radius 2 is 1.73 bits per heavy atom. The molecule has 0 bridgehead atoms. The van der Waals surface area contributed by atoms with Crippen molar-refractivity contribution in [3.63, 3.8) is 0 Å². The fourth-order valence-corrected chi connectivity index (χ4v) is 3.26. The Bertz CT molecular complexity index is 1210. The maximum Gasteiger partial charge on any atom is 0.251 e. The summed E-state index contributed by atoms with van der Waals surface area (Å²) in [7, 11) is 0. The van der Waals surface area contributed by atoms with E-state index in [-0.39, 0.29) is 5.69 Å². The summed E-state index contributed by atoms with van der Waals surface area (Å²) in [5.74, 6) is -1.73. The lowest BCUT2D eigenvalue weighted by atomic mass is 10.0. The second-order valence-electron chi connectivity index (χ2n) is 6.62. The van der Waals surface area contributed by atoms with E-state index in [1.54, 1.807) is 48.7 Å². The second kappa shape index (κ2) is 8.47. The van der Waals surface area contributed by atoms with Crippen molar-refractivity contribution in [3.8, 4) is 0 Å². The molecule has 2 N–H and O–H groups in total. The molecule has 0 aliphatic rings. The first-order valence-corrected chi connectivity index (χ1v) is 9.51. The molecule has 30 heavy (non-hydrogen) atoms. The molecule has 1 aromatic heterocycles. The Kier molecular flexibility index (Phi) is 5.59. The van der Waals surface area contributed by atoms with Gasteiger partial charge < -0.3 is 10.6 Å². The summed E-state index contributed by atoms with van der Waals surface area (Å²) in [6, 6.07) is 17.6. The van der Waals surface area contributed by atoms with Crippen LogP contribution in [-0.2, 0) is 4.79 Å². The van der Waals surface area contributed by atoms with Crippen molar-refractivity contribution in [2.24, 2.45) is 0 Å². The lowest BCUT2D eigenvalue weighted by Gasteiger charge is -2.21. The van der Waals surface area contributed by atoms with E-state index in [0.29, 0.717) is 16.3 Å². The first-order chi connectivity index (χ1) is 14.5.